The third-order valence-electron chi connectivity index (χ3n) is 3.32. The second-order valence-electron chi connectivity index (χ2n) is 4.59. The Labute approximate surface area is 111 Å². The van der Waals surface area contributed by atoms with E-state index < -0.39 is 0 Å². The molecule has 1 atom stereocenters. The summed E-state index contributed by atoms with van der Waals surface area (Å²) < 4.78 is 0.950. The van der Waals surface area contributed by atoms with Crippen molar-refractivity contribution in [3.05, 3.63) is 34.3 Å². The van der Waals surface area contributed by atoms with E-state index in [-0.39, 0.29) is 5.91 Å². The van der Waals surface area contributed by atoms with Crippen molar-refractivity contribution in [1.82, 2.24) is 9.80 Å². The van der Waals surface area contributed by atoms with Gasteiger partial charge in [-0.25, -0.2) is 0 Å². The predicted molar refractivity (Wildman–Crippen MR) is 72.1 cm³/mol. The quantitative estimate of drug-likeness (QED) is 0.793. The van der Waals surface area contributed by atoms with Gasteiger partial charge in [-0.2, -0.15) is 0 Å². The van der Waals surface area contributed by atoms with Crippen LogP contribution in [-0.4, -0.2) is 48.4 Å². The fourth-order valence-electron chi connectivity index (χ4n) is 2.04. The highest BCUT2D eigenvalue weighted by atomic mass is 79.9. The molecule has 0 spiro atoms. The molecule has 17 heavy (non-hydrogen) atoms. The number of amides is 1. The molecule has 2 rings (SSSR count). The van der Waals surface area contributed by atoms with Gasteiger partial charge in [-0.1, -0.05) is 22.0 Å². The van der Waals surface area contributed by atoms with Gasteiger partial charge in [0.1, 0.15) is 0 Å². The SMILES string of the molecule is CC1CN(C(=O)c2cccc(Br)c2)CCN1C. The van der Waals surface area contributed by atoms with E-state index in [0.29, 0.717) is 6.04 Å². The molecule has 1 unspecified atom stereocenters. The monoisotopic (exact) mass is 296 g/mol. The lowest BCUT2D eigenvalue weighted by Crippen LogP contribution is -2.52. The van der Waals surface area contributed by atoms with Crippen LogP contribution >= 0.6 is 15.9 Å². The van der Waals surface area contributed by atoms with Crippen molar-refractivity contribution in [2.24, 2.45) is 0 Å². The summed E-state index contributed by atoms with van der Waals surface area (Å²) in [5.41, 5.74) is 0.760. The Bertz CT molecular complexity index is 422. The molecule has 0 aromatic heterocycles. The van der Waals surface area contributed by atoms with Gasteiger partial charge in [-0.3, -0.25) is 4.79 Å². The van der Waals surface area contributed by atoms with Crippen LogP contribution in [0.25, 0.3) is 0 Å². The molecule has 1 aliphatic rings. The molecule has 3 nitrogen and oxygen atoms in total. The van der Waals surface area contributed by atoms with Crippen LogP contribution < -0.4 is 0 Å². The van der Waals surface area contributed by atoms with Crippen LogP contribution in [0.4, 0.5) is 0 Å². The number of carbonyl (C=O) groups excluding carboxylic acids is 1. The van der Waals surface area contributed by atoms with Crippen molar-refractivity contribution < 1.29 is 4.79 Å². The first-order chi connectivity index (χ1) is 8.08. The zero-order valence-electron chi connectivity index (χ0n) is 10.2. The molecule has 92 valence electrons. The highest BCUT2D eigenvalue weighted by Gasteiger charge is 2.24. The van der Waals surface area contributed by atoms with Crippen molar-refractivity contribution in [3.63, 3.8) is 0 Å². The van der Waals surface area contributed by atoms with E-state index in [9.17, 15) is 4.79 Å². The molecular formula is C13H17BrN2O. The van der Waals surface area contributed by atoms with Crippen molar-refractivity contribution in [1.29, 1.82) is 0 Å². The average molecular weight is 297 g/mol. The highest BCUT2D eigenvalue weighted by Crippen LogP contribution is 2.15. The predicted octanol–water partition coefficient (Wildman–Crippen LogP) is 2.23. The van der Waals surface area contributed by atoms with E-state index >= 15 is 0 Å². The number of hydrogen-bond donors (Lipinski definition) is 0. The van der Waals surface area contributed by atoms with Crippen molar-refractivity contribution in [2.45, 2.75) is 13.0 Å². The number of hydrogen-bond acceptors (Lipinski definition) is 2. The summed E-state index contributed by atoms with van der Waals surface area (Å²) in [6.07, 6.45) is 0. The summed E-state index contributed by atoms with van der Waals surface area (Å²) in [5.74, 6) is 0.131. The van der Waals surface area contributed by atoms with Crippen LogP contribution in [-0.2, 0) is 0 Å². The standard InChI is InChI=1S/C13H17BrN2O/c1-10-9-16(7-6-15(10)2)13(17)11-4-3-5-12(14)8-11/h3-5,8,10H,6-7,9H2,1-2H3. The third-order valence-corrected chi connectivity index (χ3v) is 3.81. The van der Waals surface area contributed by atoms with Crippen LogP contribution in [0.3, 0.4) is 0 Å². The normalized spacial score (nSPS) is 21.6. The van der Waals surface area contributed by atoms with Gasteiger partial charge in [-0.15, -0.1) is 0 Å². The van der Waals surface area contributed by atoms with Gasteiger partial charge in [0.25, 0.3) is 5.91 Å². The molecule has 1 amide bonds. The number of piperazine rings is 1. The van der Waals surface area contributed by atoms with Crippen molar-refractivity contribution in [3.8, 4) is 0 Å². The van der Waals surface area contributed by atoms with Crippen LogP contribution in [0.2, 0.25) is 0 Å². The number of likely N-dealkylation sites (N-methyl/N-ethyl adjacent to an activating group) is 1. The van der Waals surface area contributed by atoms with Gasteiger partial charge in [0, 0.05) is 35.7 Å². The lowest BCUT2D eigenvalue weighted by atomic mass is 10.1. The maximum atomic E-state index is 12.3. The van der Waals surface area contributed by atoms with E-state index in [1.165, 1.54) is 0 Å². The number of halogens is 1. The molecular weight excluding hydrogens is 280 g/mol. The second-order valence-corrected chi connectivity index (χ2v) is 5.51. The van der Waals surface area contributed by atoms with E-state index in [0.717, 1.165) is 29.7 Å². The largest absolute Gasteiger partial charge is 0.336 e. The van der Waals surface area contributed by atoms with Crippen LogP contribution in [0.1, 0.15) is 17.3 Å². The third kappa shape index (κ3) is 2.87. The molecule has 1 aliphatic heterocycles. The lowest BCUT2D eigenvalue weighted by molar-refractivity contribution is 0.0572. The van der Waals surface area contributed by atoms with Gasteiger partial charge < -0.3 is 9.80 Å². The number of carbonyl (C=O) groups is 1. The Hall–Kier alpha value is -0.870. The minimum absolute atomic E-state index is 0.131. The first-order valence-electron chi connectivity index (χ1n) is 5.83. The minimum Gasteiger partial charge on any atom is -0.336 e. The maximum absolute atomic E-state index is 12.3. The summed E-state index contributed by atoms with van der Waals surface area (Å²) in [6.45, 7) is 4.72. The Morgan fingerprint density at radius 3 is 2.82 bits per heavy atom. The number of benzene rings is 1. The summed E-state index contributed by atoms with van der Waals surface area (Å²) >= 11 is 3.40. The van der Waals surface area contributed by atoms with Gasteiger partial charge >= 0.3 is 0 Å². The summed E-state index contributed by atoms with van der Waals surface area (Å²) in [6, 6.07) is 8.02. The Morgan fingerprint density at radius 1 is 1.41 bits per heavy atom. The maximum Gasteiger partial charge on any atom is 0.253 e. The fourth-order valence-corrected chi connectivity index (χ4v) is 2.44. The summed E-state index contributed by atoms with van der Waals surface area (Å²) in [5, 5.41) is 0. The lowest BCUT2D eigenvalue weighted by Gasteiger charge is -2.37. The topological polar surface area (TPSA) is 23.6 Å². The molecule has 1 saturated heterocycles. The average Bonchev–Trinajstić information content (AvgIpc) is 2.32. The summed E-state index contributed by atoms with van der Waals surface area (Å²) in [7, 11) is 2.10. The van der Waals surface area contributed by atoms with Crippen LogP contribution in [0, 0.1) is 0 Å². The number of rotatable bonds is 1. The van der Waals surface area contributed by atoms with E-state index in [2.05, 4.69) is 34.8 Å². The molecule has 0 radical (unpaired) electrons. The molecule has 1 fully saturated rings. The van der Waals surface area contributed by atoms with Crippen LogP contribution in [0.5, 0.6) is 0 Å². The molecule has 0 N–H and O–H groups in total. The first kappa shape index (κ1) is 12.6. The molecule has 4 heteroatoms. The molecule has 1 aromatic carbocycles. The highest BCUT2D eigenvalue weighted by molar-refractivity contribution is 9.10. The Balaban J connectivity index is 2.10. The van der Waals surface area contributed by atoms with Gasteiger partial charge in [0.15, 0.2) is 0 Å². The van der Waals surface area contributed by atoms with Crippen LogP contribution in [0.15, 0.2) is 28.7 Å². The van der Waals surface area contributed by atoms with Crippen molar-refractivity contribution in [2.75, 3.05) is 26.7 Å². The zero-order valence-corrected chi connectivity index (χ0v) is 11.8. The molecule has 1 heterocycles. The van der Waals surface area contributed by atoms with Gasteiger partial charge in [0.05, 0.1) is 0 Å². The molecule has 1 aromatic rings. The second kappa shape index (κ2) is 5.19. The first-order valence-corrected chi connectivity index (χ1v) is 6.62. The fraction of sp³-hybridized carbons (Fsp3) is 0.462. The van der Waals surface area contributed by atoms with E-state index in [4.69, 9.17) is 0 Å². The Morgan fingerprint density at radius 2 is 2.18 bits per heavy atom. The van der Waals surface area contributed by atoms with E-state index in [1.54, 1.807) is 0 Å². The summed E-state index contributed by atoms with van der Waals surface area (Å²) in [4.78, 5) is 16.5. The van der Waals surface area contributed by atoms with E-state index in [1.807, 2.05) is 29.2 Å². The molecule has 0 bridgehead atoms. The zero-order chi connectivity index (χ0) is 12.4. The Kier molecular flexibility index (Phi) is 3.84. The van der Waals surface area contributed by atoms with Gasteiger partial charge in [0.2, 0.25) is 0 Å². The molecule has 0 aliphatic carbocycles. The van der Waals surface area contributed by atoms with Gasteiger partial charge in [-0.05, 0) is 32.2 Å². The molecule has 0 saturated carbocycles. The minimum atomic E-state index is 0.131. The van der Waals surface area contributed by atoms with Crippen molar-refractivity contribution >= 4 is 21.8 Å². The number of nitrogens with zero attached hydrogens (tertiary/aromatic N) is 2. The smallest absolute Gasteiger partial charge is 0.253 e.